The average molecular weight is 270 g/mol. The Morgan fingerprint density at radius 3 is 2.56 bits per heavy atom. The second-order valence-electron chi connectivity index (χ2n) is 4.54. The summed E-state index contributed by atoms with van der Waals surface area (Å²) >= 11 is 0. The maximum Gasteiger partial charge on any atom is 0.238 e. The van der Waals surface area contributed by atoms with Crippen molar-refractivity contribution in [2.24, 2.45) is 5.14 Å². The van der Waals surface area contributed by atoms with Crippen molar-refractivity contribution in [3.05, 3.63) is 29.8 Å². The molecular formula is C12H18N2O3S. The van der Waals surface area contributed by atoms with E-state index in [1.54, 1.807) is 12.1 Å². The van der Waals surface area contributed by atoms with Crippen LogP contribution in [0.15, 0.2) is 29.2 Å². The van der Waals surface area contributed by atoms with E-state index in [1.165, 1.54) is 12.1 Å². The van der Waals surface area contributed by atoms with E-state index in [-0.39, 0.29) is 11.0 Å². The van der Waals surface area contributed by atoms with Gasteiger partial charge in [-0.15, -0.1) is 0 Å². The van der Waals surface area contributed by atoms with Crippen molar-refractivity contribution in [1.82, 2.24) is 5.32 Å². The Balaban J connectivity index is 1.94. The van der Waals surface area contributed by atoms with E-state index in [4.69, 9.17) is 9.88 Å². The van der Waals surface area contributed by atoms with Crippen molar-refractivity contribution in [1.29, 1.82) is 0 Å². The number of nitrogens with two attached hydrogens (primary N) is 1. The van der Waals surface area contributed by atoms with Crippen LogP contribution in [0.25, 0.3) is 0 Å². The topological polar surface area (TPSA) is 81.4 Å². The van der Waals surface area contributed by atoms with Crippen LogP contribution in [0, 0.1) is 0 Å². The molecular weight excluding hydrogens is 252 g/mol. The zero-order valence-electron chi connectivity index (χ0n) is 10.3. The fourth-order valence-electron chi connectivity index (χ4n) is 2.05. The Morgan fingerprint density at radius 1 is 1.39 bits per heavy atom. The summed E-state index contributed by atoms with van der Waals surface area (Å²) in [5, 5.41) is 8.44. The van der Waals surface area contributed by atoms with E-state index in [9.17, 15) is 8.42 Å². The number of benzene rings is 1. The molecule has 2 atom stereocenters. The third-order valence-corrected chi connectivity index (χ3v) is 4.13. The number of hydrogen-bond donors (Lipinski definition) is 2. The van der Waals surface area contributed by atoms with Gasteiger partial charge in [-0.3, -0.25) is 0 Å². The van der Waals surface area contributed by atoms with Gasteiger partial charge in [-0.05, 0) is 31.0 Å². The first-order chi connectivity index (χ1) is 8.47. The highest BCUT2D eigenvalue weighted by Gasteiger charge is 2.23. The number of nitrogens with one attached hydrogen (secondary N) is 1. The van der Waals surface area contributed by atoms with Crippen LogP contribution >= 0.6 is 0 Å². The predicted molar refractivity (Wildman–Crippen MR) is 68.5 cm³/mol. The number of primary sulfonamides is 1. The van der Waals surface area contributed by atoms with E-state index in [1.807, 2.05) is 0 Å². The molecule has 3 N–H and O–H groups in total. The second-order valence-corrected chi connectivity index (χ2v) is 6.10. The molecule has 1 aliphatic heterocycles. The molecule has 100 valence electrons. The lowest BCUT2D eigenvalue weighted by atomic mass is 10.1. The molecule has 1 fully saturated rings. The van der Waals surface area contributed by atoms with E-state index < -0.39 is 10.0 Å². The number of sulfonamides is 1. The Morgan fingerprint density at radius 2 is 2.06 bits per heavy atom. The Hall–Kier alpha value is -0.950. The van der Waals surface area contributed by atoms with Crippen molar-refractivity contribution >= 4 is 10.0 Å². The van der Waals surface area contributed by atoms with Gasteiger partial charge in [0.15, 0.2) is 0 Å². The van der Waals surface area contributed by atoms with E-state index in [2.05, 4.69) is 12.2 Å². The Bertz CT molecular complexity index is 499. The van der Waals surface area contributed by atoms with E-state index in [0.29, 0.717) is 12.6 Å². The molecule has 1 aromatic rings. The van der Waals surface area contributed by atoms with Crippen molar-refractivity contribution in [2.75, 3.05) is 6.61 Å². The molecule has 1 aliphatic rings. The standard InChI is InChI=1S/C12H18N2O3S/c1-9-12(6-7-17-9)14-8-10-2-4-11(5-3-10)18(13,15)16/h2-5,9,12,14H,6-8H2,1H3,(H2,13,15,16). The first-order valence-electron chi connectivity index (χ1n) is 5.93. The second kappa shape index (κ2) is 5.36. The molecule has 1 saturated heterocycles. The normalized spacial score (nSPS) is 24.3. The minimum absolute atomic E-state index is 0.142. The number of ether oxygens (including phenoxy) is 1. The summed E-state index contributed by atoms with van der Waals surface area (Å²) in [5.41, 5.74) is 1.03. The minimum atomic E-state index is -3.60. The summed E-state index contributed by atoms with van der Waals surface area (Å²) in [6, 6.07) is 6.96. The van der Waals surface area contributed by atoms with Crippen LogP contribution in [-0.4, -0.2) is 27.2 Å². The Labute approximate surface area is 107 Å². The lowest BCUT2D eigenvalue weighted by Crippen LogP contribution is -2.34. The fraction of sp³-hybridized carbons (Fsp3) is 0.500. The number of rotatable bonds is 4. The van der Waals surface area contributed by atoms with Gasteiger partial charge in [0.25, 0.3) is 0 Å². The SMILES string of the molecule is CC1OCCC1NCc1ccc(S(N)(=O)=O)cc1. The highest BCUT2D eigenvalue weighted by atomic mass is 32.2. The summed E-state index contributed by atoms with van der Waals surface area (Å²) in [7, 11) is -3.60. The van der Waals surface area contributed by atoms with Crippen molar-refractivity contribution in [3.63, 3.8) is 0 Å². The number of hydrogen-bond acceptors (Lipinski definition) is 4. The summed E-state index contributed by atoms with van der Waals surface area (Å²) in [6.45, 7) is 3.54. The van der Waals surface area contributed by atoms with Gasteiger partial charge in [0.2, 0.25) is 10.0 Å². The largest absolute Gasteiger partial charge is 0.377 e. The van der Waals surface area contributed by atoms with Crippen molar-refractivity contribution < 1.29 is 13.2 Å². The smallest absolute Gasteiger partial charge is 0.238 e. The third kappa shape index (κ3) is 3.29. The van der Waals surface area contributed by atoms with Crippen molar-refractivity contribution in [3.8, 4) is 0 Å². The molecule has 0 aromatic heterocycles. The van der Waals surface area contributed by atoms with Crippen LogP contribution in [0.3, 0.4) is 0 Å². The maximum atomic E-state index is 11.1. The first kappa shape index (κ1) is 13.5. The van der Waals surface area contributed by atoms with Gasteiger partial charge in [0, 0.05) is 19.2 Å². The molecule has 0 aliphatic carbocycles. The highest BCUT2D eigenvalue weighted by Crippen LogP contribution is 2.14. The summed E-state index contributed by atoms with van der Waals surface area (Å²) in [4.78, 5) is 0.142. The zero-order chi connectivity index (χ0) is 13.2. The third-order valence-electron chi connectivity index (χ3n) is 3.20. The van der Waals surface area contributed by atoms with E-state index >= 15 is 0 Å². The van der Waals surface area contributed by atoms with Gasteiger partial charge in [-0.2, -0.15) is 0 Å². The molecule has 0 bridgehead atoms. The monoisotopic (exact) mass is 270 g/mol. The molecule has 1 aromatic carbocycles. The van der Waals surface area contributed by atoms with Gasteiger partial charge in [0.05, 0.1) is 11.0 Å². The van der Waals surface area contributed by atoms with Gasteiger partial charge >= 0.3 is 0 Å². The van der Waals surface area contributed by atoms with Gasteiger partial charge < -0.3 is 10.1 Å². The first-order valence-corrected chi connectivity index (χ1v) is 7.48. The fourth-order valence-corrected chi connectivity index (χ4v) is 2.56. The van der Waals surface area contributed by atoms with Gasteiger partial charge in [-0.1, -0.05) is 12.1 Å². The molecule has 0 saturated carbocycles. The van der Waals surface area contributed by atoms with E-state index in [0.717, 1.165) is 18.6 Å². The van der Waals surface area contributed by atoms with Crippen LogP contribution in [0.2, 0.25) is 0 Å². The molecule has 2 rings (SSSR count). The Kier molecular flexibility index (Phi) is 4.01. The molecule has 5 nitrogen and oxygen atoms in total. The summed E-state index contributed by atoms with van der Waals surface area (Å²) in [5.74, 6) is 0. The lowest BCUT2D eigenvalue weighted by molar-refractivity contribution is 0.113. The molecule has 1 heterocycles. The quantitative estimate of drug-likeness (QED) is 0.839. The van der Waals surface area contributed by atoms with Gasteiger partial charge in [-0.25, -0.2) is 13.6 Å². The predicted octanol–water partition coefficient (Wildman–Crippen LogP) is 0.601. The van der Waals surface area contributed by atoms with Crippen LogP contribution in [-0.2, 0) is 21.3 Å². The molecule has 6 heteroatoms. The van der Waals surface area contributed by atoms with Crippen LogP contribution < -0.4 is 10.5 Å². The highest BCUT2D eigenvalue weighted by molar-refractivity contribution is 7.89. The molecule has 0 amide bonds. The van der Waals surface area contributed by atoms with Crippen LogP contribution in [0.5, 0.6) is 0 Å². The average Bonchev–Trinajstić information content (AvgIpc) is 2.72. The summed E-state index contributed by atoms with van der Waals surface area (Å²) < 4.78 is 27.7. The van der Waals surface area contributed by atoms with Crippen molar-refractivity contribution in [2.45, 2.75) is 36.9 Å². The molecule has 18 heavy (non-hydrogen) atoms. The summed E-state index contributed by atoms with van der Waals surface area (Å²) in [6.07, 6.45) is 1.24. The minimum Gasteiger partial charge on any atom is -0.377 e. The maximum absolute atomic E-state index is 11.1. The molecule has 2 unspecified atom stereocenters. The molecule has 0 radical (unpaired) electrons. The zero-order valence-corrected chi connectivity index (χ0v) is 11.1. The molecule has 0 spiro atoms. The van der Waals surface area contributed by atoms with Gasteiger partial charge in [0.1, 0.15) is 0 Å². The van der Waals surface area contributed by atoms with Crippen LogP contribution in [0.4, 0.5) is 0 Å². The van der Waals surface area contributed by atoms with Crippen LogP contribution in [0.1, 0.15) is 18.9 Å². The lowest BCUT2D eigenvalue weighted by Gasteiger charge is -2.16.